The summed E-state index contributed by atoms with van der Waals surface area (Å²) in [6.45, 7) is 12.9. The summed E-state index contributed by atoms with van der Waals surface area (Å²) in [7, 11) is 1.53. The molecule has 2 rings (SSSR count). The van der Waals surface area contributed by atoms with E-state index in [0.29, 0.717) is 23.3 Å². The van der Waals surface area contributed by atoms with E-state index in [1.807, 2.05) is 33.8 Å². The smallest absolute Gasteiger partial charge is 0.283 e. The minimum Gasteiger partial charge on any atom is -0.464 e. The number of hydrogen-bond acceptors (Lipinski definition) is 3. The molecule has 0 aliphatic heterocycles. The van der Waals surface area contributed by atoms with Crippen molar-refractivity contribution in [1.82, 2.24) is 5.32 Å². The Labute approximate surface area is 198 Å². The molecular formula is C26H34F2NO3P. The number of aliphatic hydroxyl groups is 1. The standard InChI is InChI=1S/C23H28F2NO3P.C3H6/c1-5-14(2)12-29-22-15(3)20(10-18(11-26-13-27)21(22)16(4)28)17-6-8-19(9-7-17)23(24,25)30;1-3-2/h6-10,12-13,16,28H,5,11,30H2,1-4H3,(H,26,27);3H,1H2,2H3/b14-12+;. The van der Waals surface area contributed by atoms with Crippen LogP contribution in [0.15, 0.2) is 54.8 Å². The van der Waals surface area contributed by atoms with Crippen molar-refractivity contribution in [3.63, 3.8) is 0 Å². The van der Waals surface area contributed by atoms with Crippen LogP contribution in [0, 0.1) is 6.92 Å². The van der Waals surface area contributed by atoms with E-state index in [9.17, 15) is 18.7 Å². The van der Waals surface area contributed by atoms with E-state index in [4.69, 9.17) is 4.74 Å². The molecule has 0 radical (unpaired) electrons. The summed E-state index contributed by atoms with van der Waals surface area (Å²) in [6.07, 6.45) is 3.97. The highest BCUT2D eigenvalue weighted by atomic mass is 31.0. The molecule has 0 saturated heterocycles. The molecule has 0 aromatic heterocycles. The third kappa shape index (κ3) is 8.06. The van der Waals surface area contributed by atoms with Crippen molar-refractivity contribution < 1.29 is 23.4 Å². The maximum Gasteiger partial charge on any atom is 0.283 e. The van der Waals surface area contributed by atoms with E-state index in [0.717, 1.165) is 28.7 Å². The van der Waals surface area contributed by atoms with Gasteiger partial charge in [-0.2, -0.15) is 8.78 Å². The van der Waals surface area contributed by atoms with Crippen LogP contribution in [0.2, 0.25) is 0 Å². The zero-order chi connectivity index (χ0) is 25.2. The minimum absolute atomic E-state index is 0.102. The largest absolute Gasteiger partial charge is 0.464 e. The fourth-order valence-corrected chi connectivity index (χ4v) is 3.35. The van der Waals surface area contributed by atoms with Gasteiger partial charge in [0.1, 0.15) is 5.75 Å². The number of ether oxygens (including phenoxy) is 1. The zero-order valence-electron chi connectivity index (χ0n) is 19.9. The van der Waals surface area contributed by atoms with Crippen molar-refractivity contribution in [3.8, 4) is 16.9 Å². The molecule has 33 heavy (non-hydrogen) atoms. The molecule has 180 valence electrons. The number of halogens is 2. The van der Waals surface area contributed by atoms with E-state index in [1.54, 1.807) is 31.4 Å². The third-order valence-electron chi connectivity index (χ3n) is 4.96. The summed E-state index contributed by atoms with van der Waals surface area (Å²) in [6, 6.07) is 7.88. The summed E-state index contributed by atoms with van der Waals surface area (Å²) < 4.78 is 33.1. The number of carbonyl (C=O) groups excluding carboxylic acids is 1. The van der Waals surface area contributed by atoms with Gasteiger partial charge in [-0.15, -0.1) is 6.58 Å². The Kier molecular flexibility index (Phi) is 11.4. The Morgan fingerprint density at radius 2 is 1.91 bits per heavy atom. The van der Waals surface area contributed by atoms with Gasteiger partial charge < -0.3 is 15.2 Å². The van der Waals surface area contributed by atoms with Crippen LogP contribution in [0.5, 0.6) is 5.75 Å². The number of allylic oxidation sites excluding steroid dienone is 2. The molecule has 2 unspecified atom stereocenters. The molecule has 2 atom stereocenters. The van der Waals surface area contributed by atoms with E-state index in [1.165, 1.54) is 21.4 Å². The molecule has 2 aromatic carbocycles. The number of nitrogens with one attached hydrogen (secondary N) is 1. The van der Waals surface area contributed by atoms with Crippen LogP contribution in [-0.4, -0.2) is 11.5 Å². The SMILES string of the molecule is C=CC.CC/C(C)=C/Oc1c(C)c(-c2ccc(C(F)(F)P)cc2)cc(CNC=O)c1C(C)O. The van der Waals surface area contributed by atoms with Gasteiger partial charge in [0.15, 0.2) is 0 Å². The Morgan fingerprint density at radius 1 is 1.33 bits per heavy atom. The van der Waals surface area contributed by atoms with Gasteiger partial charge >= 0.3 is 0 Å². The van der Waals surface area contributed by atoms with Crippen molar-refractivity contribution in [1.29, 1.82) is 0 Å². The lowest BCUT2D eigenvalue weighted by atomic mass is 9.90. The number of benzene rings is 2. The number of rotatable bonds is 9. The van der Waals surface area contributed by atoms with Crippen LogP contribution in [0.1, 0.15) is 62.5 Å². The first kappa shape index (κ1) is 28.5. The second-order valence-corrected chi connectivity index (χ2v) is 8.40. The molecule has 0 heterocycles. The number of carbonyl (C=O) groups is 1. The predicted molar refractivity (Wildman–Crippen MR) is 134 cm³/mol. The first-order valence-electron chi connectivity index (χ1n) is 10.7. The van der Waals surface area contributed by atoms with Crippen molar-refractivity contribution in [2.75, 3.05) is 0 Å². The predicted octanol–water partition coefficient (Wildman–Crippen LogP) is 6.77. The van der Waals surface area contributed by atoms with E-state index in [2.05, 4.69) is 11.9 Å². The summed E-state index contributed by atoms with van der Waals surface area (Å²) in [5.74, 6) is 0.499. The van der Waals surface area contributed by atoms with Crippen molar-refractivity contribution >= 4 is 15.6 Å². The van der Waals surface area contributed by atoms with Crippen LogP contribution in [0.4, 0.5) is 8.78 Å². The van der Waals surface area contributed by atoms with Crippen LogP contribution in [-0.2, 0) is 17.0 Å². The van der Waals surface area contributed by atoms with Crippen LogP contribution in [0.3, 0.4) is 0 Å². The molecule has 0 spiro atoms. The van der Waals surface area contributed by atoms with Gasteiger partial charge in [-0.05, 0) is 68.0 Å². The summed E-state index contributed by atoms with van der Waals surface area (Å²) >= 11 is 0. The van der Waals surface area contributed by atoms with Gasteiger partial charge in [-0.3, -0.25) is 4.79 Å². The van der Waals surface area contributed by atoms with E-state index in [-0.39, 0.29) is 12.1 Å². The normalized spacial score (nSPS) is 12.3. The van der Waals surface area contributed by atoms with Crippen molar-refractivity contribution in [2.24, 2.45) is 0 Å². The average Bonchev–Trinajstić information content (AvgIpc) is 2.76. The molecule has 2 aromatic rings. The van der Waals surface area contributed by atoms with Crippen LogP contribution in [0.25, 0.3) is 11.1 Å². The van der Waals surface area contributed by atoms with Gasteiger partial charge in [-0.1, -0.05) is 46.5 Å². The van der Waals surface area contributed by atoms with Gasteiger partial charge in [0, 0.05) is 17.7 Å². The number of alkyl halides is 2. The monoisotopic (exact) mass is 477 g/mol. The Morgan fingerprint density at radius 3 is 2.36 bits per heavy atom. The first-order valence-corrected chi connectivity index (χ1v) is 11.3. The molecule has 4 nitrogen and oxygen atoms in total. The maximum absolute atomic E-state index is 13.6. The van der Waals surface area contributed by atoms with E-state index >= 15 is 0 Å². The maximum atomic E-state index is 13.6. The lowest BCUT2D eigenvalue weighted by Gasteiger charge is -2.22. The lowest BCUT2D eigenvalue weighted by molar-refractivity contribution is -0.109. The molecule has 0 bridgehead atoms. The van der Waals surface area contributed by atoms with Crippen molar-refractivity contribution in [2.45, 2.75) is 59.4 Å². The molecule has 2 N–H and O–H groups in total. The molecule has 0 aliphatic rings. The van der Waals surface area contributed by atoms with Gasteiger partial charge in [0.2, 0.25) is 6.41 Å². The highest BCUT2D eigenvalue weighted by molar-refractivity contribution is 7.17. The molecule has 1 amide bonds. The highest BCUT2D eigenvalue weighted by Gasteiger charge is 2.25. The van der Waals surface area contributed by atoms with Gasteiger partial charge in [0.05, 0.1) is 12.4 Å². The van der Waals surface area contributed by atoms with Crippen LogP contribution >= 0.6 is 9.24 Å². The number of amides is 1. The van der Waals surface area contributed by atoms with Gasteiger partial charge in [-0.25, -0.2) is 0 Å². The first-order chi connectivity index (χ1) is 15.5. The Balaban J connectivity index is 0.00000172. The average molecular weight is 478 g/mol. The molecule has 0 aliphatic carbocycles. The summed E-state index contributed by atoms with van der Waals surface area (Å²) in [5.41, 5.74) is 1.47. The fourth-order valence-electron chi connectivity index (χ4n) is 3.15. The highest BCUT2D eigenvalue weighted by Crippen LogP contribution is 2.41. The van der Waals surface area contributed by atoms with Crippen LogP contribution < -0.4 is 10.1 Å². The summed E-state index contributed by atoms with van der Waals surface area (Å²) in [4.78, 5) is 10.9. The Bertz CT molecular complexity index is 965. The molecular weight excluding hydrogens is 443 g/mol. The van der Waals surface area contributed by atoms with Gasteiger partial charge in [0.25, 0.3) is 5.66 Å². The number of aliphatic hydroxyl groups excluding tert-OH is 1. The van der Waals surface area contributed by atoms with E-state index < -0.39 is 11.8 Å². The fraction of sp³-hybridized carbons (Fsp3) is 0.346. The second-order valence-electron chi connectivity index (χ2n) is 7.67. The molecule has 0 saturated carbocycles. The number of hydrogen-bond donors (Lipinski definition) is 2. The molecule has 0 fully saturated rings. The minimum atomic E-state index is -3.00. The summed E-state index contributed by atoms with van der Waals surface area (Å²) in [5, 5.41) is 13.0. The second kappa shape index (κ2) is 13.2. The third-order valence-corrected chi connectivity index (χ3v) is 5.30. The lowest BCUT2D eigenvalue weighted by Crippen LogP contribution is -2.14. The molecule has 7 heteroatoms. The quantitative estimate of drug-likeness (QED) is 0.181. The topological polar surface area (TPSA) is 58.6 Å². The Hall–Kier alpha value is -2.56. The zero-order valence-corrected chi connectivity index (χ0v) is 21.1. The van der Waals surface area contributed by atoms with Crippen molar-refractivity contribution in [3.05, 3.63) is 77.1 Å².